The summed E-state index contributed by atoms with van der Waals surface area (Å²) in [5.74, 6) is -0.265. The highest BCUT2D eigenvalue weighted by molar-refractivity contribution is 5.77. The maximum Gasteiger partial charge on any atom is 0.318 e. The number of urea groups is 1. The van der Waals surface area contributed by atoms with Crippen LogP contribution in [0.15, 0.2) is 48.5 Å². The number of hydrogen-bond acceptors (Lipinski definition) is 2. The van der Waals surface area contributed by atoms with Crippen LogP contribution in [0, 0.1) is 5.82 Å². The highest BCUT2D eigenvalue weighted by Gasteiger charge is 2.42. The molecule has 0 spiro atoms. The maximum atomic E-state index is 13.5. The molecule has 1 aliphatic heterocycles. The van der Waals surface area contributed by atoms with Gasteiger partial charge in [-0.25, -0.2) is 9.18 Å². The van der Waals surface area contributed by atoms with Crippen LogP contribution in [0.2, 0.25) is 0 Å². The first kappa shape index (κ1) is 18.0. The molecular formula is C22H26FN3O. The van der Waals surface area contributed by atoms with Crippen molar-refractivity contribution in [3.05, 3.63) is 71.0 Å². The second-order valence-corrected chi connectivity index (χ2v) is 7.98. The van der Waals surface area contributed by atoms with Crippen molar-refractivity contribution in [1.29, 1.82) is 0 Å². The van der Waals surface area contributed by atoms with Crippen molar-refractivity contribution in [2.45, 2.75) is 43.8 Å². The molecule has 1 fully saturated rings. The van der Waals surface area contributed by atoms with Crippen LogP contribution in [0.25, 0.3) is 0 Å². The summed E-state index contributed by atoms with van der Waals surface area (Å²) in [7, 11) is 1.96. The summed E-state index contributed by atoms with van der Waals surface area (Å²) in [5.41, 5.74) is 3.14. The van der Waals surface area contributed by atoms with E-state index in [0.717, 1.165) is 30.4 Å². The lowest BCUT2D eigenvalue weighted by molar-refractivity contribution is 0.128. The fraction of sp³-hybridized carbons (Fsp3) is 0.409. The summed E-state index contributed by atoms with van der Waals surface area (Å²) in [6.07, 6.45) is 2.69. The summed E-state index contributed by atoms with van der Waals surface area (Å²) in [5, 5.41) is 6.50. The van der Waals surface area contributed by atoms with E-state index < -0.39 is 0 Å². The molecule has 4 rings (SSSR count). The third kappa shape index (κ3) is 3.44. The molecule has 2 aromatic rings. The Hall–Kier alpha value is -2.40. The van der Waals surface area contributed by atoms with Gasteiger partial charge in [0, 0.05) is 18.1 Å². The van der Waals surface area contributed by atoms with E-state index in [1.165, 1.54) is 17.7 Å². The number of halogens is 1. The molecule has 0 radical (unpaired) electrons. The van der Waals surface area contributed by atoms with Crippen LogP contribution < -0.4 is 10.6 Å². The normalized spacial score (nSPS) is 26.9. The zero-order valence-corrected chi connectivity index (χ0v) is 15.8. The fourth-order valence-electron chi connectivity index (χ4n) is 4.45. The molecule has 1 aliphatic carbocycles. The van der Waals surface area contributed by atoms with Gasteiger partial charge in [-0.05, 0) is 62.1 Å². The average molecular weight is 367 g/mol. The Balaban J connectivity index is 1.63. The smallest absolute Gasteiger partial charge is 0.318 e. The summed E-state index contributed by atoms with van der Waals surface area (Å²) < 4.78 is 13.5. The van der Waals surface area contributed by atoms with Crippen molar-refractivity contribution in [1.82, 2.24) is 15.5 Å². The van der Waals surface area contributed by atoms with E-state index in [1.807, 2.05) is 24.1 Å². The molecule has 2 amide bonds. The number of carbonyl (C=O) groups is 1. The Morgan fingerprint density at radius 1 is 1.15 bits per heavy atom. The molecule has 5 heteroatoms. The number of benzene rings is 2. The summed E-state index contributed by atoms with van der Waals surface area (Å²) in [6, 6.07) is 14.9. The van der Waals surface area contributed by atoms with E-state index in [0.29, 0.717) is 12.6 Å². The molecule has 142 valence electrons. The molecule has 0 bridgehead atoms. The third-order valence-corrected chi connectivity index (χ3v) is 5.94. The predicted octanol–water partition coefficient (Wildman–Crippen LogP) is 3.62. The minimum absolute atomic E-state index is 0.0455. The van der Waals surface area contributed by atoms with E-state index >= 15 is 0 Å². The van der Waals surface area contributed by atoms with Gasteiger partial charge < -0.3 is 15.5 Å². The maximum absolute atomic E-state index is 13.5. The molecule has 4 nitrogen and oxygen atoms in total. The van der Waals surface area contributed by atoms with Crippen molar-refractivity contribution in [3.8, 4) is 0 Å². The largest absolute Gasteiger partial charge is 0.333 e. The second kappa shape index (κ2) is 6.97. The molecule has 27 heavy (non-hydrogen) atoms. The van der Waals surface area contributed by atoms with Crippen molar-refractivity contribution >= 4 is 6.03 Å². The number of carbonyl (C=O) groups excluding carboxylic acids is 1. The van der Waals surface area contributed by atoms with Gasteiger partial charge in [0.05, 0.1) is 6.04 Å². The van der Waals surface area contributed by atoms with Crippen molar-refractivity contribution < 1.29 is 9.18 Å². The molecule has 0 saturated heterocycles. The molecule has 2 N–H and O–H groups in total. The Morgan fingerprint density at radius 3 is 2.56 bits per heavy atom. The molecule has 2 aromatic carbocycles. The van der Waals surface area contributed by atoms with Crippen molar-refractivity contribution in [2.24, 2.45) is 0 Å². The van der Waals surface area contributed by atoms with Gasteiger partial charge in [0.15, 0.2) is 0 Å². The van der Waals surface area contributed by atoms with Gasteiger partial charge in [-0.2, -0.15) is 0 Å². The van der Waals surface area contributed by atoms with Gasteiger partial charge in [0.1, 0.15) is 5.82 Å². The molecule has 2 aliphatic rings. The summed E-state index contributed by atoms with van der Waals surface area (Å²) in [4.78, 5) is 15.1. The molecule has 0 aromatic heterocycles. The predicted molar refractivity (Wildman–Crippen MR) is 104 cm³/mol. The Kier molecular flexibility index (Phi) is 4.64. The van der Waals surface area contributed by atoms with Gasteiger partial charge in [0.2, 0.25) is 0 Å². The fourth-order valence-corrected chi connectivity index (χ4v) is 4.45. The van der Waals surface area contributed by atoms with E-state index in [1.54, 1.807) is 12.1 Å². The van der Waals surface area contributed by atoms with Crippen LogP contribution in [0.5, 0.6) is 0 Å². The first-order valence-corrected chi connectivity index (χ1v) is 9.58. The highest BCUT2D eigenvalue weighted by Crippen LogP contribution is 2.37. The molecule has 1 saturated carbocycles. The number of nitrogens with one attached hydrogen (secondary N) is 2. The third-order valence-electron chi connectivity index (χ3n) is 5.94. The van der Waals surface area contributed by atoms with Crippen molar-refractivity contribution in [3.63, 3.8) is 0 Å². The van der Waals surface area contributed by atoms with Crippen LogP contribution in [0.1, 0.15) is 42.5 Å². The van der Waals surface area contributed by atoms with E-state index in [9.17, 15) is 9.18 Å². The number of hydrogen-bond donors (Lipinski definition) is 2. The number of fused-ring (bicyclic) bond motifs is 1. The molecule has 0 unspecified atom stereocenters. The lowest BCUT2D eigenvalue weighted by Crippen LogP contribution is -2.63. The van der Waals surface area contributed by atoms with Crippen LogP contribution in [-0.2, 0) is 6.42 Å². The standard InChI is InChI=1S/C22H26FN3O/c1-22(13-18(14-22)24-2)25-21(27)26-12-11-15-5-3-4-6-19(15)20(26)16-7-9-17(23)10-8-16/h3-10,18,20,24H,11-14H2,1-2H3,(H,25,27)/t18?,20-,22?/m0/s1. The first-order valence-electron chi connectivity index (χ1n) is 9.58. The SMILES string of the molecule is CNC1CC(C)(NC(=O)N2CCc3ccccc3[C@@H]2c2ccc(F)cc2)C1. The number of amides is 2. The molecule has 1 atom stereocenters. The Morgan fingerprint density at radius 2 is 1.85 bits per heavy atom. The molecular weight excluding hydrogens is 341 g/mol. The zero-order valence-electron chi connectivity index (χ0n) is 15.8. The first-order chi connectivity index (χ1) is 13.0. The Labute approximate surface area is 159 Å². The number of rotatable bonds is 3. The van der Waals surface area contributed by atoms with Gasteiger partial charge in [-0.15, -0.1) is 0 Å². The van der Waals surface area contributed by atoms with Crippen LogP contribution in [0.4, 0.5) is 9.18 Å². The number of nitrogens with zero attached hydrogens (tertiary/aromatic N) is 1. The minimum atomic E-state index is -0.265. The van der Waals surface area contributed by atoms with E-state index in [4.69, 9.17) is 0 Å². The van der Waals surface area contributed by atoms with Gasteiger partial charge in [-0.3, -0.25) is 0 Å². The topological polar surface area (TPSA) is 44.4 Å². The van der Waals surface area contributed by atoms with Crippen LogP contribution >= 0.6 is 0 Å². The van der Waals surface area contributed by atoms with E-state index in [-0.39, 0.29) is 23.4 Å². The lowest BCUT2D eigenvalue weighted by atomic mass is 9.74. The van der Waals surface area contributed by atoms with Crippen LogP contribution in [0.3, 0.4) is 0 Å². The monoisotopic (exact) mass is 367 g/mol. The quantitative estimate of drug-likeness (QED) is 0.870. The lowest BCUT2D eigenvalue weighted by Gasteiger charge is -2.47. The van der Waals surface area contributed by atoms with Crippen LogP contribution in [-0.4, -0.2) is 36.1 Å². The Bertz CT molecular complexity index is 830. The van der Waals surface area contributed by atoms with Crippen molar-refractivity contribution in [2.75, 3.05) is 13.6 Å². The highest BCUT2D eigenvalue weighted by atomic mass is 19.1. The second-order valence-electron chi connectivity index (χ2n) is 7.98. The molecule has 1 heterocycles. The van der Waals surface area contributed by atoms with E-state index in [2.05, 4.69) is 29.7 Å². The summed E-state index contributed by atoms with van der Waals surface area (Å²) >= 11 is 0. The van der Waals surface area contributed by atoms with Gasteiger partial charge in [-0.1, -0.05) is 36.4 Å². The minimum Gasteiger partial charge on any atom is -0.333 e. The average Bonchev–Trinajstić information content (AvgIpc) is 2.65. The van der Waals surface area contributed by atoms with Gasteiger partial charge >= 0.3 is 6.03 Å². The van der Waals surface area contributed by atoms with Gasteiger partial charge in [0.25, 0.3) is 0 Å². The summed E-state index contributed by atoms with van der Waals surface area (Å²) in [6.45, 7) is 2.75. The zero-order chi connectivity index (χ0) is 19.0.